The molecule has 1 aromatic carbocycles. The number of carbonyl (C=O) groups is 1. The Hall–Kier alpha value is -0.710. The molecule has 1 heterocycles. The first-order chi connectivity index (χ1) is 8.63. The van der Waals surface area contributed by atoms with Gasteiger partial charge in [0.05, 0.1) is 5.37 Å². The lowest BCUT2D eigenvalue weighted by atomic mass is 10.1. The van der Waals surface area contributed by atoms with E-state index in [2.05, 4.69) is 16.7 Å². The summed E-state index contributed by atoms with van der Waals surface area (Å²) in [6.45, 7) is 2.50. The smallest absolute Gasteiger partial charge is 0.217 e. The van der Waals surface area contributed by atoms with Crippen molar-refractivity contribution in [3.8, 4) is 0 Å². The quantitative estimate of drug-likeness (QED) is 0.897. The third kappa shape index (κ3) is 4.19. The highest BCUT2D eigenvalue weighted by molar-refractivity contribution is 7.99. The molecule has 2 unspecified atom stereocenters. The van der Waals surface area contributed by atoms with Crippen molar-refractivity contribution in [2.45, 2.75) is 36.1 Å². The fraction of sp³-hybridized carbons (Fsp3) is 0.462. The molecule has 1 aliphatic rings. The Morgan fingerprint density at radius 3 is 3.11 bits per heavy atom. The van der Waals surface area contributed by atoms with Crippen molar-refractivity contribution in [1.82, 2.24) is 10.6 Å². The zero-order valence-corrected chi connectivity index (χ0v) is 11.9. The molecule has 0 saturated carbocycles. The van der Waals surface area contributed by atoms with Crippen molar-refractivity contribution in [2.75, 3.05) is 6.54 Å². The van der Waals surface area contributed by atoms with Crippen molar-refractivity contribution in [1.29, 1.82) is 0 Å². The molecule has 0 aromatic heterocycles. The maximum absolute atomic E-state index is 11.1. The first kappa shape index (κ1) is 13.7. The molecule has 98 valence electrons. The SMILES string of the molecule is CC(=O)NC1CCNC(Sc2cccc(Cl)c2)C1. The minimum atomic E-state index is 0.0494. The first-order valence-corrected chi connectivity index (χ1v) is 7.32. The van der Waals surface area contributed by atoms with Crippen LogP contribution in [0, 0.1) is 0 Å². The fourth-order valence-electron chi connectivity index (χ4n) is 2.09. The number of piperidine rings is 1. The fourth-order valence-corrected chi connectivity index (χ4v) is 3.56. The summed E-state index contributed by atoms with van der Waals surface area (Å²) in [6.07, 6.45) is 1.93. The van der Waals surface area contributed by atoms with Crippen molar-refractivity contribution >= 4 is 29.3 Å². The van der Waals surface area contributed by atoms with E-state index in [0.29, 0.717) is 5.37 Å². The summed E-state index contributed by atoms with van der Waals surface area (Å²) in [5.41, 5.74) is 0. The number of thioether (sulfide) groups is 1. The summed E-state index contributed by atoms with van der Waals surface area (Å²) in [4.78, 5) is 12.2. The summed E-state index contributed by atoms with van der Waals surface area (Å²) in [6, 6.07) is 8.13. The number of nitrogens with one attached hydrogen (secondary N) is 2. The number of hydrogen-bond donors (Lipinski definition) is 2. The maximum Gasteiger partial charge on any atom is 0.217 e. The van der Waals surface area contributed by atoms with Crippen LogP contribution in [-0.4, -0.2) is 23.9 Å². The predicted octanol–water partition coefficient (Wildman–Crippen LogP) is 2.65. The lowest BCUT2D eigenvalue weighted by Gasteiger charge is -2.30. The van der Waals surface area contributed by atoms with Gasteiger partial charge in [-0.05, 0) is 37.6 Å². The predicted molar refractivity (Wildman–Crippen MR) is 75.9 cm³/mol. The zero-order valence-electron chi connectivity index (χ0n) is 10.3. The molecule has 0 radical (unpaired) electrons. The van der Waals surface area contributed by atoms with Gasteiger partial charge in [-0.25, -0.2) is 0 Å². The molecule has 1 saturated heterocycles. The van der Waals surface area contributed by atoms with Crippen LogP contribution in [-0.2, 0) is 4.79 Å². The van der Waals surface area contributed by atoms with Gasteiger partial charge in [-0.3, -0.25) is 4.79 Å². The van der Waals surface area contributed by atoms with E-state index < -0.39 is 0 Å². The second-order valence-electron chi connectivity index (χ2n) is 4.44. The number of rotatable bonds is 3. The van der Waals surface area contributed by atoms with Gasteiger partial charge in [0.1, 0.15) is 0 Å². The van der Waals surface area contributed by atoms with Crippen LogP contribution < -0.4 is 10.6 Å². The monoisotopic (exact) mass is 284 g/mol. The van der Waals surface area contributed by atoms with Gasteiger partial charge in [-0.15, -0.1) is 11.8 Å². The molecule has 0 aliphatic carbocycles. The molecule has 2 rings (SSSR count). The molecule has 2 atom stereocenters. The summed E-state index contributed by atoms with van der Waals surface area (Å²) < 4.78 is 0. The molecular weight excluding hydrogens is 268 g/mol. The van der Waals surface area contributed by atoms with Crippen LogP contribution in [0.2, 0.25) is 5.02 Å². The minimum absolute atomic E-state index is 0.0494. The molecule has 0 bridgehead atoms. The van der Waals surface area contributed by atoms with Crippen LogP contribution in [0.1, 0.15) is 19.8 Å². The number of halogens is 1. The third-order valence-electron chi connectivity index (χ3n) is 2.85. The van der Waals surface area contributed by atoms with E-state index in [-0.39, 0.29) is 11.9 Å². The molecule has 1 aliphatic heterocycles. The van der Waals surface area contributed by atoms with Crippen LogP contribution in [0.25, 0.3) is 0 Å². The van der Waals surface area contributed by atoms with Gasteiger partial charge < -0.3 is 10.6 Å². The third-order valence-corrected chi connectivity index (χ3v) is 4.25. The lowest BCUT2D eigenvalue weighted by molar-refractivity contribution is -0.119. The Labute approximate surface area is 117 Å². The summed E-state index contributed by atoms with van der Waals surface area (Å²) >= 11 is 7.73. The summed E-state index contributed by atoms with van der Waals surface area (Å²) in [5, 5.41) is 7.54. The second-order valence-corrected chi connectivity index (χ2v) is 6.15. The van der Waals surface area contributed by atoms with Crippen LogP contribution in [0.4, 0.5) is 0 Å². The van der Waals surface area contributed by atoms with Crippen molar-refractivity contribution in [2.24, 2.45) is 0 Å². The topological polar surface area (TPSA) is 41.1 Å². The van der Waals surface area contributed by atoms with E-state index in [1.54, 1.807) is 18.7 Å². The Kier molecular flexibility index (Phi) is 4.92. The number of amides is 1. The highest BCUT2D eigenvalue weighted by Gasteiger charge is 2.22. The normalized spacial score (nSPS) is 23.7. The van der Waals surface area contributed by atoms with E-state index in [1.165, 1.54) is 0 Å². The van der Waals surface area contributed by atoms with E-state index in [0.717, 1.165) is 29.3 Å². The molecule has 0 spiro atoms. The van der Waals surface area contributed by atoms with Crippen molar-refractivity contribution < 1.29 is 4.79 Å². The van der Waals surface area contributed by atoms with Crippen LogP contribution in [0.3, 0.4) is 0 Å². The Morgan fingerprint density at radius 1 is 1.56 bits per heavy atom. The van der Waals surface area contributed by atoms with Crippen LogP contribution in [0.5, 0.6) is 0 Å². The number of benzene rings is 1. The van der Waals surface area contributed by atoms with Gasteiger partial charge in [0, 0.05) is 22.9 Å². The van der Waals surface area contributed by atoms with Crippen molar-refractivity contribution in [3.05, 3.63) is 29.3 Å². The number of hydrogen-bond acceptors (Lipinski definition) is 3. The van der Waals surface area contributed by atoms with Crippen LogP contribution >= 0.6 is 23.4 Å². The summed E-state index contributed by atoms with van der Waals surface area (Å²) in [7, 11) is 0. The highest BCUT2D eigenvalue weighted by Crippen LogP contribution is 2.28. The minimum Gasteiger partial charge on any atom is -0.353 e. The van der Waals surface area contributed by atoms with Gasteiger partial charge in [-0.2, -0.15) is 0 Å². The van der Waals surface area contributed by atoms with E-state index in [4.69, 9.17) is 11.6 Å². The highest BCUT2D eigenvalue weighted by atomic mass is 35.5. The maximum atomic E-state index is 11.1. The largest absolute Gasteiger partial charge is 0.353 e. The Morgan fingerprint density at radius 2 is 2.39 bits per heavy atom. The first-order valence-electron chi connectivity index (χ1n) is 6.06. The lowest BCUT2D eigenvalue weighted by Crippen LogP contribution is -2.45. The molecule has 1 amide bonds. The molecule has 1 fully saturated rings. The van der Waals surface area contributed by atoms with E-state index in [1.807, 2.05) is 18.2 Å². The summed E-state index contributed by atoms with van der Waals surface area (Å²) in [5.74, 6) is 0.0494. The average Bonchev–Trinajstić information content (AvgIpc) is 2.28. The average molecular weight is 285 g/mol. The molecule has 2 N–H and O–H groups in total. The molecule has 3 nitrogen and oxygen atoms in total. The molecule has 18 heavy (non-hydrogen) atoms. The Bertz CT molecular complexity index is 427. The zero-order chi connectivity index (χ0) is 13.0. The van der Waals surface area contributed by atoms with Gasteiger partial charge in [-0.1, -0.05) is 17.7 Å². The Balaban J connectivity index is 1.91. The van der Waals surface area contributed by atoms with Crippen molar-refractivity contribution in [3.63, 3.8) is 0 Å². The molecule has 1 aromatic rings. The number of carbonyl (C=O) groups excluding carboxylic acids is 1. The van der Waals surface area contributed by atoms with Gasteiger partial charge >= 0.3 is 0 Å². The van der Waals surface area contributed by atoms with E-state index >= 15 is 0 Å². The molecular formula is C13H17ClN2OS. The second kappa shape index (κ2) is 6.45. The van der Waals surface area contributed by atoms with Gasteiger partial charge in [0.25, 0.3) is 0 Å². The van der Waals surface area contributed by atoms with E-state index in [9.17, 15) is 4.79 Å². The van der Waals surface area contributed by atoms with Gasteiger partial charge in [0.15, 0.2) is 0 Å². The molecule has 5 heteroatoms. The standard InChI is InChI=1S/C13H17ClN2OS/c1-9(17)16-11-5-6-15-13(8-11)18-12-4-2-3-10(14)7-12/h2-4,7,11,13,15H,5-6,8H2,1H3,(H,16,17). The van der Waals surface area contributed by atoms with Crippen LogP contribution in [0.15, 0.2) is 29.2 Å². The van der Waals surface area contributed by atoms with Gasteiger partial charge in [0.2, 0.25) is 5.91 Å².